The van der Waals surface area contributed by atoms with Crippen LogP contribution in [0.25, 0.3) is 0 Å². The first kappa shape index (κ1) is 17.4. The number of hydrogen-bond acceptors (Lipinski definition) is 3. The molecule has 0 bridgehead atoms. The molecule has 4 heteroatoms. The van der Waals surface area contributed by atoms with Crippen molar-refractivity contribution in [3.8, 4) is 0 Å². The maximum Gasteiger partial charge on any atom is 0.223 e. The molecule has 1 saturated heterocycles. The molecule has 1 N–H and O–H groups in total. The Kier molecular flexibility index (Phi) is 6.27. The second-order valence-electron chi connectivity index (χ2n) is 7.12. The van der Waals surface area contributed by atoms with Gasteiger partial charge in [-0.15, -0.1) is 0 Å². The molecule has 132 valence electrons. The van der Waals surface area contributed by atoms with Gasteiger partial charge < -0.3 is 14.8 Å². The predicted molar refractivity (Wildman–Crippen MR) is 93.5 cm³/mol. The molecular formula is C20H29NO3. The van der Waals surface area contributed by atoms with E-state index in [4.69, 9.17) is 9.47 Å². The Balaban J connectivity index is 1.48. The van der Waals surface area contributed by atoms with Crippen LogP contribution in [0.4, 0.5) is 0 Å². The van der Waals surface area contributed by atoms with E-state index in [1.54, 1.807) is 0 Å². The SMILES string of the molecule is C[C@H](C(=O)N[C@@H]1CCC[C@H]1OCc1ccccc1)C1CCOCC1. The van der Waals surface area contributed by atoms with E-state index in [1.165, 1.54) is 5.56 Å². The van der Waals surface area contributed by atoms with Crippen LogP contribution in [0, 0.1) is 11.8 Å². The van der Waals surface area contributed by atoms with E-state index < -0.39 is 0 Å². The largest absolute Gasteiger partial charge is 0.381 e. The van der Waals surface area contributed by atoms with Gasteiger partial charge in [0.25, 0.3) is 0 Å². The lowest BCUT2D eigenvalue weighted by atomic mass is 9.86. The van der Waals surface area contributed by atoms with Crippen LogP contribution >= 0.6 is 0 Å². The van der Waals surface area contributed by atoms with Crippen molar-refractivity contribution < 1.29 is 14.3 Å². The highest BCUT2D eigenvalue weighted by molar-refractivity contribution is 5.79. The summed E-state index contributed by atoms with van der Waals surface area (Å²) in [6.45, 7) is 4.25. The molecule has 4 nitrogen and oxygen atoms in total. The van der Waals surface area contributed by atoms with Crippen molar-refractivity contribution in [1.82, 2.24) is 5.32 Å². The van der Waals surface area contributed by atoms with Crippen LogP contribution in [0.15, 0.2) is 30.3 Å². The van der Waals surface area contributed by atoms with Crippen LogP contribution in [0.3, 0.4) is 0 Å². The summed E-state index contributed by atoms with van der Waals surface area (Å²) in [5.41, 5.74) is 1.19. The number of benzene rings is 1. The summed E-state index contributed by atoms with van der Waals surface area (Å²) >= 11 is 0. The fraction of sp³-hybridized carbons (Fsp3) is 0.650. The molecule has 0 unspecified atom stereocenters. The third-order valence-corrected chi connectivity index (χ3v) is 5.47. The Morgan fingerprint density at radius 3 is 2.71 bits per heavy atom. The first-order valence-corrected chi connectivity index (χ1v) is 9.27. The van der Waals surface area contributed by atoms with E-state index in [1.807, 2.05) is 18.2 Å². The summed E-state index contributed by atoms with van der Waals surface area (Å²) in [5, 5.41) is 3.26. The van der Waals surface area contributed by atoms with Gasteiger partial charge in [0.2, 0.25) is 5.91 Å². The zero-order chi connectivity index (χ0) is 16.8. The summed E-state index contributed by atoms with van der Waals surface area (Å²) in [7, 11) is 0. The topological polar surface area (TPSA) is 47.6 Å². The molecule has 0 spiro atoms. The number of nitrogens with one attached hydrogen (secondary N) is 1. The quantitative estimate of drug-likeness (QED) is 0.870. The number of carbonyl (C=O) groups is 1. The van der Waals surface area contributed by atoms with Crippen molar-refractivity contribution in [2.24, 2.45) is 11.8 Å². The molecule has 3 atom stereocenters. The van der Waals surface area contributed by atoms with Gasteiger partial charge in [0.1, 0.15) is 0 Å². The van der Waals surface area contributed by atoms with Gasteiger partial charge >= 0.3 is 0 Å². The van der Waals surface area contributed by atoms with Crippen molar-refractivity contribution >= 4 is 5.91 Å². The molecule has 0 aromatic heterocycles. The van der Waals surface area contributed by atoms with E-state index in [9.17, 15) is 4.79 Å². The molecule has 1 saturated carbocycles. The van der Waals surface area contributed by atoms with Gasteiger partial charge in [-0.05, 0) is 43.6 Å². The summed E-state index contributed by atoms with van der Waals surface area (Å²) in [6.07, 6.45) is 5.29. The van der Waals surface area contributed by atoms with Gasteiger partial charge in [-0.3, -0.25) is 4.79 Å². The first-order valence-electron chi connectivity index (χ1n) is 9.27. The molecule has 0 radical (unpaired) electrons. The average molecular weight is 331 g/mol. The van der Waals surface area contributed by atoms with Crippen LogP contribution in [0.1, 0.15) is 44.6 Å². The fourth-order valence-corrected chi connectivity index (χ4v) is 3.81. The normalized spacial score (nSPS) is 26.2. The molecular weight excluding hydrogens is 302 g/mol. The van der Waals surface area contributed by atoms with E-state index >= 15 is 0 Å². The lowest BCUT2D eigenvalue weighted by molar-refractivity contribution is -0.129. The average Bonchev–Trinajstić information content (AvgIpc) is 3.08. The maximum atomic E-state index is 12.6. The maximum absolute atomic E-state index is 12.6. The smallest absolute Gasteiger partial charge is 0.223 e. The Morgan fingerprint density at radius 2 is 1.96 bits per heavy atom. The zero-order valence-corrected chi connectivity index (χ0v) is 14.6. The van der Waals surface area contributed by atoms with Gasteiger partial charge in [0.05, 0.1) is 18.8 Å². The molecule has 3 rings (SSSR count). The van der Waals surface area contributed by atoms with Crippen molar-refractivity contribution in [2.45, 2.75) is 57.8 Å². The third kappa shape index (κ3) is 4.58. The molecule has 1 aliphatic heterocycles. The second-order valence-corrected chi connectivity index (χ2v) is 7.12. The summed E-state index contributed by atoms with van der Waals surface area (Å²) in [5.74, 6) is 0.690. The monoisotopic (exact) mass is 331 g/mol. The molecule has 1 heterocycles. The van der Waals surface area contributed by atoms with E-state index in [2.05, 4.69) is 24.4 Å². The minimum Gasteiger partial charge on any atom is -0.381 e. The van der Waals surface area contributed by atoms with Crippen molar-refractivity contribution in [3.05, 3.63) is 35.9 Å². The summed E-state index contributed by atoms with van der Waals surface area (Å²) < 4.78 is 11.5. The molecule has 2 fully saturated rings. The Labute approximate surface area is 144 Å². The number of rotatable bonds is 6. The van der Waals surface area contributed by atoms with E-state index in [0.29, 0.717) is 12.5 Å². The Hall–Kier alpha value is -1.39. The first-order chi connectivity index (χ1) is 11.7. The fourth-order valence-electron chi connectivity index (χ4n) is 3.81. The van der Waals surface area contributed by atoms with Crippen LogP contribution in [0.2, 0.25) is 0 Å². The van der Waals surface area contributed by atoms with E-state index in [0.717, 1.165) is 45.3 Å². The van der Waals surface area contributed by atoms with Gasteiger partial charge in [-0.25, -0.2) is 0 Å². The molecule has 1 aromatic carbocycles. The highest BCUT2D eigenvalue weighted by Crippen LogP contribution is 2.27. The lowest BCUT2D eigenvalue weighted by Gasteiger charge is -2.29. The molecule has 1 amide bonds. The predicted octanol–water partition coefficient (Wildman–Crippen LogP) is 3.30. The van der Waals surface area contributed by atoms with E-state index in [-0.39, 0.29) is 24.0 Å². The standard InChI is InChI=1S/C20H29NO3/c1-15(17-10-12-23-13-11-17)20(22)21-18-8-5-9-19(18)24-14-16-6-3-2-4-7-16/h2-4,6-7,15,17-19H,5,8-14H2,1H3,(H,21,22)/t15-,18+,19+/m0/s1. The molecule has 2 aliphatic rings. The number of carbonyl (C=O) groups excluding carboxylic acids is 1. The van der Waals surface area contributed by atoms with Gasteiger partial charge in [-0.2, -0.15) is 0 Å². The highest BCUT2D eigenvalue weighted by atomic mass is 16.5. The lowest BCUT2D eigenvalue weighted by Crippen LogP contribution is -2.45. The minimum atomic E-state index is 0.0595. The number of ether oxygens (including phenoxy) is 2. The second kappa shape index (κ2) is 8.63. The molecule has 1 aliphatic carbocycles. The van der Waals surface area contributed by atoms with Crippen molar-refractivity contribution in [3.63, 3.8) is 0 Å². The van der Waals surface area contributed by atoms with Crippen LogP contribution < -0.4 is 5.32 Å². The number of amides is 1. The van der Waals surface area contributed by atoms with Crippen LogP contribution in [-0.4, -0.2) is 31.3 Å². The molecule has 1 aromatic rings. The van der Waals surface area contributed by atoms with Gasteiger partial charge in [-0.1, -0.05) is 37.3 Å². The van der Waals surface area contributed by atoms with Crippen LogP contribution in [0.5, 0.6) is 0 Å². The molecule has 24 heavy (non-hydrogen) atoms. The summed E-state index contributed by atoms with van der Waals surface area (Å²) in [6, 6.07) is 10.4. The highest BCUT2D eigenvalue weighted by Gasteiger charge is 2.32. The Morgan fingerprint density at radius 1 is 1.21 bits per heavy atom. The van der Waals surface area contributed by atoms with Crippen molar-refractivity contribution in [2.75, 3.05) is 13.2 Å². The van der Waals surface area contributed by atoms with Crippen LogP contribution in [-0.2, 0) is 20.9 Å². The van der Waals surface area contributed by atoms with Gasteiger partial charge in [0.15, 0.2) is 0 Å². The number of hydrogen-bond donors (Lipinski definition) is 1. The zero-order valence-electron chi connectivity index (χ0n) is 14.6. The third-order valence-electron chi connectivity index (χ3n) is 5.47. The Bertz CT molecular complexity index is 513. The van der Waals surface area contributed by atoms with Gasteiger partial charge in [0, 0.05) is 19.1 Å². The summed E-state index contributed by atoms with van der Waals surface area (Å²) in [4.78, 5) is 12.6. The van der Waals surface area contributed by atoms with Crippen molar-refractivity contribution in [1.29, 1.82) is 0 Å². The minimum absolute atomic E-state index is 0.0595.